The Bertz CT molecular complexity index is 139. The lowest BCUT2D eigenvalue weighted by atomic mass is 9.96. The fourth-order valence-corrected chi connectivity index (χ4v) is 1.90. The number of piperidine rings is 1. The molecule has 1 saturated heterocycles. The van der Waals surface area contributed by atoms with Gasteiger partial charge in [-0.3, -0.25) is 0 Å². The van der Waals surface area contributed by atoms with Crippen molar-refractivity contribution in [2.75, 3.05) is 33.4 Å². The third kappa shape index (κ3) is 3.25. The fourth-order valence-electron chi connectivity index (χ4n) is 1.90. The minimum atomic E-state index is 0.295. The van der Waals surface area contributed by atoms with Crippen LogP contribution in [0.25, 0.3) is 0 Å². The van der Waals surface area contributed by atoms with Crippen LogP contribution < -0.4 is 0 Å². The van der Waals surface area contributed by atoms with Gasteiger partial charge in [-0.05, 0) is 25.3 Å². The lowest BCUT2D eigenvalue weighted by Gasteiger charge is -2.36. The Balaban J connectivity index is 2.27. The van der Waals surface area contributed by atoms with Gasteiger partial charge in [0.2, 0.25) is 0 Å². The van der Waals surface area contributed by atoms with E-state index >= 15 is 0 Å². The van der Waals surface area contributed by atoms with E-state index in [1.165, 1.54) is 6.42 Å². The number of aliphatic hydroxyl groups excluding tert-OH is 1. The number of hydrogen-bond donors (Lipinski definition) is 1. The van der Waals surface area contributed by atoms with E-state index in [4.69, 9.17) is 9.84 Å². The Hall–Kier alpha value is -0.120. The van der Waals surface area contributed by atoms with E-state index < -0.39 is 0 Å². The summed E-state index contributed by atoms with van der Waals surface area (Å²) in [5.74, 6) is 0.676. The van der Waals surface area contributed by atoms with Crippen LogP contribution in [0.1, 0.15) is 19.8 Å². The van der Waals surface area contributed by atoms with Crippen LogP contribution in [0.3, 0.4) is 0 Å². The normalized spacial score (nSPS) is 30.7. The van der Waals surface area contributed by atoms with Gasteiger partial charge in [-0.1, -0.05) is 6.92 Å². The molecule has 0 aromatic heterocycles. The highest BCUT2D eigenvalue weighted by Gasteiger charge is 2.25. The van der Waals surface area contributed by atoms with Crippen molar-refractivity contribution in [2.45, 2.75) is 25.9 Å². The standard InChI is InChI=1S/C10H21NO2/c1-9-4-6-11(5-3-7-12)8-10(9)13-2/h9-10,12H,3-8H2,1-2H3. The number of aliphatic hydroxyl groups is 1. The van der Waals surface area contributed by atoms with E-state index in [1.807, 2.05) is 0 Å². The highest BCUT2D eigenvalue weighted by Crippen LogP contribution is 2.19. The SMILES string of the molecule is COC1CN(CCCO)CCC1C. The molecule has 1 aliphatic heterocycles. The molecule has 0 bridgehead atoms. The molecule has 0 spiro atoms. The average Bonchev–Trinajstić information content (AvgIpc) is 2.16. The summed E-state index contributed by atoms with van der Waals surface area (Å²) in [6.45, 7) is 5.73. The third-order valence-electron chi connectivity index (χ3n) is 2.91. The van der Waals surface area contributed by atoms with Gasteiger partial charge in [0.25, 0.3) is 0 Å². The summed E-state index contributed by atoms with van der Waals surface area (Å²) in [5.41, 5.74) is 0. The molecule has 2 atom stereocenters. The highest BCUT2D eigenvalue weighted by molar-refractivity contribution is 4.78. The van der Waals surface area contributed by atoms with Gasteiger partial charge in [-0.15, -0.1) is 0 Å². The van der Waals surface area contributed by atoms with Crippen LogP contribution in [0.2, 0.25) is 0 Å². The van der Waals surface area contributed by atoms with Crippen LogP contribution in [0.15, 0.2) is 0 Å². The summed E-state index contributed by atoms with van der Waals surface area (Å²) < 4.78 is 5.41. The van der Waals surface area contributed by atoms with E-state index in [1.54, 1.807) is 7.11 Å². The first-order chi connectivity index (χ1) is 6.27. The molecule has 78 valence electrons. The fraction of sp³-hybridized carbons (Fsp3) is 1.00. The zero-order valence-corrected chi connectivity index (χ0v) is 8.70. The van der Waals surface area contributed by atoms with Gasteiger partial charge in [0.05, 0.1) is 6.10 Å². The topological polar surface area (TPSA) is 32.7 Å². The Morgan fingerprint density at radius 1 is 1.54 bits per heavy atom. The second-order valence-electron chi connectivity index (χ2n) is 3.92. The zero-order chi connectivity index (χ0) is 9.68. The summed E-state index contributed by atoms with van der Waals surface area (Å²) in [7, 11) is 1.79. The number of ether oxygens (including phenoxy) is 1. The Morgan fingerprint density at radius 3 is 2.92 bits per heavy atom. The number of methoxy groups -OCH3 is 1. The van der Waals surface area contributed by atoms with E-state index in [9.17, 15) is 0 Å². The molecule has 1 fully saturated rings. The second kappa shape index (κ2) is 5.58. The molecule has 3 heteroatoms. The molecule has 0 amide bonds. The highest BCUT2D eigenvalue weighted by atomic mass is 16.5. The minimum absolute atomic E-state index is 0.295. The molecule has 1 heterocycles. The van der Waals surface area contributed by atoms with Crippen LogP contribution in [-0.2, 0) is 4.74 Å². The first-order valence-corrected chi connectivity index (χ1v) is 5.14. The van der Waals surface area contributed by atoms with Crippen LogP contribution in [0, 0.1) is 5.92 Å². The zero-order valence-electron chi connectivity index (χ0n) is 8.70. The Kier molecular flexibility index (Phi) is 4.70. The number of likely N-dealkylation sites (tertiary alicyclic amines) is 1. The van der Waals surface area contributed by atoms with Crippen molar-refractivity contribution < 1.29 is 9.84 Å². The first-order valence-electron chi connectivity index (χ1n) is 5.14. The van der Waals surface area contributed by atoms with Crippen LogP contribution in [0.5, 0.6) is 0 Å². The number of rotatable bonds is 4. The Labute approximate surface area is 80.7 Å². The molecule has 0 aliphatic carbocycles. The summed E-state index contributed by atoms with van der Waals surface area (Å²) in [4.78, 5) is 2.38. The van der Waals surface area contributed by atoms with E-state index in [0.29, 0.717) is 18.6 Å². The van der Waals surface area contributed by atoms with Gasteiger partial charge in [-0.25, -0.2) is 0 Å². The van der Waals surface area contributed by atoms with Crippen molar-refractivity contribution in [3.8, 4) is 0 Å². The molecule has 1 aliphatic rings. The van der Waals surface area contributed by atoms with Crippen molar-refractivity contribution in [1.82, 2.24) is 4.90 Å². The summed E-state index contributed by atoms with van der Waals surface area (Å²) >= 11 is 0. The second-order valence-corrected chi connectivity index (χ2v) is 3.92. The molecule has 0 aromatic rings. The number of nitrogens with zero attached hydrogens (tertiary/aromatic N) is 1. The van der Waals surface area contributed by atoms with Crippen molar-refractivity contribution in [3.63, 3.8) is 0 Å². The van der Waals surface area contributed by atoms with Crippen molar-refractivity contribution >= 4 is 0 Å². The third-order valence-corrected chi connectivity index (χ3v) is 2.91. The first kappa shape index (κ1) is 11.0. The molecule has 2 unspecified atom stereocenters. The van der Waals surface area contributed by atoms with E-state index in [0.717, 1.165) is 26.1 Å². The van der Waals surface area contributed by atoms with Crippen molar-refractivity contribution in [3.05, 3.63) is 0 Å². The van der Waals surface area contributed by atoms with Crippen molar-refractivity contribution in [2.24, 2.45) is 5.92 Å². The monoisotopic (exact) mass is 187 g/mol. The average molecular weight is 187 g/mol. The van der Waals surface area contributed by atoms with Gasteiger partial charge in [0.1, 0.15) is 0 Å². The predicted molar refractivity (Wildman–Crippen MR) is 52.7 cm³/mol. The molecule has 3 nitrogen and oxygen atoms in total. The van der Waals surface area contributed by atoms with Gasteiger partial charge >= 0.3 is 0 Å². The molecule has 0 saturated carbocycles. The molecule has 0 aromatic carbocycles. The van der Waals surface area contributed by atoms with Gasteiger partial charge in [-0.2, -0.15) is 0 Å². The number of hydrogen-bond acceptors (Lipinski definition) is 3. The van der Waals surface area contributed by atoms with Crippen LogP contribution in [-0.4, -0.2) is 49.5 Å². The molecule has 1 N–H and O–H groups in total. The maximum absolute atomic E-state index is 8.71. The maximum Gasteiger partial charge on any atom is 0.0724 e. The summed E-state index contributed by atoms with van der Waals surface area (Å²) in [6.07, 6.45) is 2.47. The van der Waals surface area contributed by atoms with Gasteiger partial charge < -0.3 is 14.7 Å². The molecule has 1 rings (SSSR count). The maximum atomic E-state index is 8.71. The Morgan fingerprint density at radius 2 is 2.31 bits per heavy atom. The van der Waals surface area contributed by atoms with Crippen LogP contribution in [0.4, 0.5) is 0 Å². The summed E-state index contributed by atoms with van der Waals surface area (Å²) in [5, 5.41) is 8.71. The predicted octanol–water partition coefficient (Wildman–Crippen LogP) is 0.726. The van der Waals surface area contributed by atoms with Crippen molar-refractivity contribution in [1.29, 1.82) is 0 Å². The lowest BCUT2D eigenvalue weighted by molar-refractivity contribution is -0.00616. The molecule has 0 radical (unpaired) electrons. The minimum Gasteiger partial charge on any atom is -0.396 e. The summed E-state index contributed by atoms with van der Waals surface area (Å²) in [6, 6.07) is 0. The lowest BCUT2D eigenvalue weighted by Crippen LogP contribution is -2.44. The molecular formula is C10H21NO2. The largest absolute Gasteiger partial charge is 0.396 e. The van der Waals surface area contributed by atoms with E-state index in [2.05, 4.69) is 11.8 Å². The smallest absolute Gasteiger partial charge is 0.0724 e. The van der Waals surface area contributed by atoms with Gasteiger partial charge in [0, 0.05) is 26.8 Å². The van der Waals surface area contributed by atoms with Crippen LogP contribution >= 0.6 is 0 Å². The molecule has 13 heavy (non-hydrogen) atoms. The molecular weight excluding hydrogens is 166 g/mol. The van der Waals surface area contributed by atoms with E-state index in [-0.39, 0.29) is 0 Å². The quantitative estimate of drug-likeness (QED) is 0.704. The van der Waals surface area contributed by atoms with Gasteiger partial charge in [0.15, 0.2) is 0 Å².